The van der Waals surface area contributed by atoms with Crippen LogP contribution in [0.2, 0.25) is 0 Å². The largest absolute Gasteiger partial charge is 0.386 e. The average Bonchev–Trinajstić information content (AvgIpc) is 3.25. The first kappa shape index (κ1) is 22.5. The highest BCUT2D eigenvalue weighted by Gasteiger charge is 2.51. The second kappa shape index (κ2) is 8.00. The number of nitrogens with one attached hydrogen (secondary N) is 1. The lowest BCUT2D eigenvalue weighted by atomic mass is 9.98. The summed E-state index contributed by atoms with van der Waals surface area (Å²) in [6, 6.07) is 5.12. The molecule has 12 heteroatoms. The minimum Gasteiger partial charge on any atom is -0.386 e. The van der Waals surface area contributed by atoms with Crippen LogP contribution in [0.1, 0.15) is 23.8 Å². The Labute approximate surface area is 182 Å². The number of oxime groups is 1. The van der Waals surface area contributed by atoms with E-state index in [1.807, 2.05) is 4.72 Å². The lowest BCUT2D eigenvalue weighted by molar-refractivity contribution is -0.00123. The van der Waals surface area contributed by atoms with Gasteiger partial charge in [-0.05, 0) is 25.1 Å². The average molecular weight is 472 g/mol. The molecule has 0 spiro atoms. The van der Waals surface area contributed by atoms with E-state index in [0.29, 0.717) is 11.3 Å². The van der Waals surface area contributed by atoms with Crippen molar-refractivity contribution in [1.29, 1.82) is 0 Å². The predicted molar refractivity (Wildman–Crippen MR) is 108 cm³/mol. The zero-order valence-corrected chi connectivity index (χ0v) is 18.0. The van der Waals surface area contributed by atoms with E-state index in [4.69, 9.17) is 4.84 Å². The molecule has 1 aromatic carbocycles. The normalized spacial score (nSPS) is 22.7. The molecule has 4 rings (SSSR count). The van der Waals surface area contributed by atoms with Crippen LogP contribution >= 0.6 is 0 Å². The van der Waals surface area contributed by atoms with Gasteiger partial charge in [0.2, 0.25) is 10.0 Å². The first-order chi connectivity index (χ1) is 14.9. The number of hydrogen-bond acceptors (Lipinski definition) is 6. The highest BCUT2D eigenvalue weighted by Crippen LogP contribution is 2.38. The molecule has 0 radical (unpaired) electrons. The summed E-state index contributed by atoms with van der Waals surface area (Å²) in [6.07, 6.45) is 0.0592. The van der Waals surface area contributed by atoms with Gasteiger partial charge in [0.05, 0.1) is 30.5 Å². The molecule has 0 aliphatic carbocycles. The van der Waals surface area contributed by atoms with Crippen LogP contribution < -0.4 is 4.72 Å². The fraction of sp³-hybridized carbons (Fsp3) is 0.400. The van der Waals surface area contributed by atoms with Crippen molar-refractivity contribution in [1.82, 2.24) is 14.6 Å². The Balaban J connectivity index is 1.58. The summed E-state index contributed by atoms with van der Waals surface area (Å²) < 4.78 is 82.3. The van der Waals surface area contributed by atoms with Crippen molar-refractivity contribution >= 4 is 15.9 Å². The van der Waals surface area contributed by atoms with Crippen LogP contribution in [0, 0.1) is 18.6 Å². The molecular weight excluding hydrogens is 452 g/mol. The van der Waals surface area contributed by atoms with Gasteiger partial charge < -0.3 is 9.74 Å². The standard InChI is InChI=1S/C20H20F4N4O3S/c1-11-6-7-12(19(25-11)18-13(21)4-3-5-14(18)22)15-8-17(26-31-15)28-9-16(20(23,24)10-28)27-32(2,29)30/h3-7,15-16,27H,8-10H2,1-2H3/t15?,16-/m1/s1. The lowest BCUT2D eigenvalue weighted by Crippen LogP contribution is -2.46. The molecule has 1 N–H and O–H groups in total. The number of sulfonamides is 1. The molecule has 1 fully saturated rings. The minimum atomic E-state index is -3.83. The molecule has 0 saturated carbocycles. The molecule has 0 bridgehead atoms. The molecule has 3 heterocycles. The SMILES string of the molecule is Cc1ccc(C2CC(N3C[C@@H](NS(C)(=O)=O)C(F)(F)C3)=NO2)c(-c2c(F)cccc2F)n1. The third-order valence-corrected chi connectivity index (χ3v) is 6.01. The van der Waals surface area contributed by atoms with Crippen molar-refractivity contribution in [2.24, 2.45) is 5.16 Å². The second-order valence-electron chi connectivity index (χ2n) is 7.88. The van der Waals surface area contributed by atoms with Crippen molar-refractivity contribution < 1.29 is 30.8 Å². The van der Waals surface area contributed by atoms with Gasteiger partial charge in [-0.15, -0.1) is 0 Å². The molecular formula is C20H20F4N4O3S. The molecule has 2 aromatic rings. The highest BCUT2D eigenvalue weighted by molar-refractivity contribution is 7.88. The fourth-order valence-electron chi connectivity index (χ4n) is 3.83. The molecule has 2 aliphatic heterocycles. The van der Waals surface area contributed by atoms with Crippen LogP contribution in [0.3, 0.4) is 0 Å². The van der Waals surface area contributed by atoms with E-state index >= 15 is 0 Å². The topological polar surface area (TPSA) is 83.9 Å². The molecule has 1 unspecified atom stereocenters. The van der Waals surface area contributed by atoms with E-state index < -0.39 is 46.3 Å². The van der Waals surface area contributed by atoms with E-state index in [0.717, 1.165) is 18.4 Å². The maximum atomic E-state index is 14.4. The van der Waals surface area contributed by atoms with E-state index in [1.165, 1.54) is 11.0 Å². The number of halogens is 4. The number of likely N-dealkylation sites (tertiary alicyclic amines) is 1. The summed E-state index contributed by atoms with van der Waals surface area (Å²) in [6.45, 7) is 0.636. The first-order valence-electron chi connectivity index (χ1n) is 9.69. The fourth-order valence-corrected chi connectivity index (χ4v) is 4.60. The van der Waals surface area contributed by atoms with E-state index in [1.54, 1.807) is 19.1 Å². The zero-order valence-electron chi connectivity index (χ0n) is 17.1. The Bertz CT molecular complexity index is 1170. The molecule has 0 amide bonds. The van der Waals surface area contributed by atoms with Crippen LogP contribution in [0.4, 0.5) is 17.6 Å². The summed E-state index contributed by atoms with van der Waals surface area (Å²) in [5.41, 5.74) is 0.619. The number of amidine groups is 1. The van der Waals surface area contributed by atoms with Crippen molar-refractivity contribution in [3.8, 4) is 11.3 Å². The van der Waals surface area contributed by atoms with Crippen molar-refractivity contribution in [2.75, 3.05) is 19.3 Å². The minimum absolute atomic E-state index is 0.0467. The number of alkyl halides is 2. The highest BCUT2D eigenvalue weighted by atomic mass is 32.2. The quantitative estimate of drug-likeness (QED) is 0.692. The zero-order chi connectivity index (χ0) is 23.3. The van der Waals surface area contributed by atoms with Gasteiger partial charge in [-0.2, -0.15) is 0 Å². The molecule has 2 aliphatic rings. The van der Waals surface area contributed by atoms with Gasteiger partial charge in [-0.1, -0.05) is 17.3 Å². The lowest BCUT2D eigenvalue weighted by Gasteiger charge is -2.17. The van der Waals surface area contributed by atoms with E-state index in [9.17, 15) is 26.0 Å². The summed E-state index contributed by atoms with van der Waals surface area (Å²) in [5, 5.41) is 3.89. The van der Waals surface area contributed by atoms with Gasteiger partial charge in [-0.25, -0.2) is 30.7 Å². The molecule has 2 atom stereocenters. The van der Waals surface area contributed by atoms with Gasteiger partial charge in [0.1, 0.15) is 23.5 Å². The molecule has 1 saturated heterocycles. The molecule has 7 nitrogen and oxygen atoms in total. The Kier molecular flexibility index (Phi) is 5.61. The van der Waals surface area contributed by atoms with E-state index in [2.05, 4.69) is 10.1 Å². The van der Waals surface area contributed by atoms with Gasteiger partial charge in [0, 0.05) is 17.8 Å². The number of pyridine rings is 1. The van der Waals surface area contributed by atoms with Crippen LogP contribution in [0.5, 0.6) is 0 Å². The van der Waals surface area contributed by atoms with Gasteiger partial charge in [0.25, 0.3) is 5.92 Å². The number of aryl methyl sites for hydroxylation is 1. The molecule has 1 aromatic heterocycles. The predicted octanol–water partition coefficient (Wildman–Crippen LogP) is 2.98. The van der Waals surface area contributed by atoms with Crippen LogP contribution in [0.15, 0.2) is 35.5 Å². The molecule has 172 valence electrons. The number of benzene rings is 1. The Morgan fingerprint density at radius 2 is 1.88 bits per heavy atom. The third-order valence-electron chi connectivity index (χ3n) is 5.30. The maximum absolute atomic E-state index is 14.4. The maximum Gasteiger partial charge on any atom is 0.282 e. The van der Waals surface area contributed by atoms with Crippen molar-refractivity contribution in [3.63, 3.8) is 0 Å². The number of aromatic nitrogens is 1. The smallest absolute Gasteiger partial charge is 0.282 e. The monoisotopic (exact) mass is 472 g/mol. The van der Waals surface area contributed by atoms with Gasteiger partial charge in [0.15, 0.2) is 6.10 Å². The summed E-state index contributed by atoms with van der Waals surface area (Å²) in [4.78, 5) is 11.0. The van der Waals surface area contributed by atoms with Crippen LogP contribution in [-0.4, -0.2) is 55.4 Å². The van der Waals surface area contributed by atoms with Crippen molar-refractivity contribution in [3.05, 3.63) is 53.2 Å². The molecule has 32 heavy (non-hydrogen) atoms. The Hall–Kier alpha value is -2.73. The van der Waals surface area contributed by atoms with Crippen LogP contribution in [0.25, 0.3) is 11.3 Å². The third kappa shape index (κ3) is 4.42. The van der Waals surface area contributed by atoms with Crippen LogP contribution in [-0.2, 0) is 14.9 Å². The van der Waals surface area contributed by atoms with Crippen molar-refractivity contribution in [2.45, 2.75) is 31.4 Å². The number of hydrogen-bond donors (Lipinski definition) is 1. The Morgan fingerprint density at radius 1 is 1.19 bits per heavy atom. The second-order valence-corrected chi connectivity index (χ2v) is 9.66. The van der Waals surface area contributed by atoms with E-state index in [-0.39, 0.29) is 30.1 Å². The number of rotatable bonds is 4. The first-order valence-corrected chi connectivity index (χ1v) is 11.6. The number of nitrogens with zero attached hydrogens (tertiary/aromatic N) is 3. The summed E-state index contributed by atoms with van der Waals surface area (Å²) >= 11 is 0. The van der Waals surface area contributed by atoms with Gasteiger partial charge >= 0.3 is 0 Å². The summed E-state index contributed by atoms with van der Waals surface area (Å²) in [7, 11) is -3.83. The Morgan fingerprint density at radius 3 is 2.53 bits per heavy atom. The van der Waals surface area contributed by atoms with Gasteiger partial charge in [-0.3, -0.25) is 4.98 Å². The summed E-state index contributed by atoms with van der Waals surface area (Å²) in [5.74, 6) is -4.71.